The van der Waals surface area contributed by atoms with E-state index in [-0.39, 0.29) is 0 Å². The van der Waals surface area contributed by atoms with E-state index in [0.717, 1.165) is 31.6 Å². The van der Waals surface area contributed by atoms with Crippen LogP contribution in [0.2, 0.25) is 0 Å². The van der Waals surface area contributed by atoms with E-state index in [1.807, 2.05) is 0 Å². The third-order valence-corrected chi connectivity index (χ3v) is 2.92. The summed E-state index contributed by atoms with van der Waals surface area (Å²) in [5.74, 6) is 1.09. The second kappa shape index (κ2) is 6.54. The Bertz CT molecular complexity index is 327. The van der Waals surface area contributed by atoms with Crippen LogP contribution >= 0.6 is 0 Å². The van der Waals surface area contributed by atoms with Crippen LogP contribution in [0.25, 0.3) is 0 Å². The Morgan fingerprint density at radius 3 is 2.75 bits per heavy atom. The minimum atomic E-state index is 0.353. The Hall–Kier alpha value is -1.02. The van der Waals surface area contributed by atoms with Crippen LogP contribution in [0, 0.1) is 0 Å². The minimum absolute atomic E-state index is 0.353. The SMILES string of the molecule is C=C(CC)CC(NCC)c1ccoc1CC. The first-order chi connectivity index (χ1) is 7.72. The molecule has 0 saturated carbocycles. The fraction of sp³-hybridized carbons (Fsp3) is 0.571. The second-order valence-electron chi connectivity index (χ2n) is 4.07. The molecular formula is C14H23NO. The zero-order chi connectivity index (χ0) is 12.0. The molecule has 1 N–H and O–H groups in total. The normalized spacial score (nSPS) is 12.7. The number of furan rings is 1. The maximum atomic E-state index is 5.49. The van der Waals surface area contributed by atoms with Gasteiger partial charge in [0.05, 0.1) is 6.26 Å². The molecule has 16 heavy (non-hydrogen) atoms. The lowest BCUT2D eigenvalue weighted by Gasteiger charge is -2.18. The van der Waals surface area contributed by atoms with Crippen LogP contribution in [-0.2, 0) is 6.42 Å². The zero-order valence-corrected chi connectivity index (χ0v) is 10.7. The molecule has 0 spiro atoms. The molecule has 0 saturated heterocycles. The molecule has 0 aliphatic rings. The van der Waals surface area contributed by atoms with Gasteiger partial charge in [-0.3, -0.25) is 0 Å². The Labute approximate surface area is 98.7 Å². The quantitative estimate of drug-likeness (QED) is 0.707. The molecule has 0 fully saturated rings. The van der Waals surface area contributed by atoms with Gasteiger partial charge >= 0.3 is 0 Å². The zero-order valence-electron chi connectivity index (χ0n) is 10.7. The van der Waals surface area contributed by atoms with Crippen molar-refractivity contribution in [3.05, 3.63) is 35.8 Å². The van der Waals surface area contributed by atoms with E-state index in [2.05, 4.69) is 38.7 Å². The number of rotatable bonds is 7. The van der Waals surface area contributed by atoms with Crippen molar-refractivity contribution >= 4 is 0 Å². The van der Waals surface area contributed by atoms with Crippen molar-refractivity contribution in [1.82, 2.24) is 5.32 Å². The molecule has 1 heterocycles. The Balaban J connectivity index is 2.80. The average Bonchev–Trinajstić information content (AvgIpc) is 2.76. The highest BCUT2D eigenvalue weighted by atomic mass is 16.3. The third kappa shape index (κ3) is 3.24. The first kappa shape index (κ1) is 13.0. The van der Waals surface area contributed by atoms with E-state index in [4.69, 9.17) is 4.42 Å². The first-order valence-electron chi connectivity index (χ1n) is 6.19. The number of aryl methyl sites for hydroxylation is 1. The maximum Gasteiger partial charge on any atom is 0.108 e. The van der Waals surface area contributed by atoms with Crippen molar-refractivity contribution in [2.45, 2.75) is 46.1 Å². The van der Waals surface area contributed by atoms with Crippen molar-refractivity contribution in [2.24, 2.45) is 0 Å². The highest BCUT2D eigenvalue weighted by Crippen LogP contribution is 2.26. The Morgan fingerprint density at radius 1 is 1.44 bits per heavy atom. The van der Waals surface area contributed by atoms with Crippen molar-refractivity contribution < 1.29 is 4.42 Å². The van der Waals surface area contributed by atoms with Crippen LogP contribution < -0.4 is 5.32 Å². The summed E-state index contributed by atoms with van der Waals surface area (Å²) >= 11 is 0. The van der Waals surface area contributed by atoms with Crippen molar-refractivity contribution in [3.8, 4) is 0 Å². The number of hydrogen-bond donors (Lipinski definition) is 1. The molecule has 0 aromatic carbocycles. The van der Waals surface area contributed by atoms with Crippen molar-refractivity contribution in [1.29, 1.82) is 0 Å². The summed E-state index contributed by atoms with van der Waals surface area (Å²) in [5.41, 5.74) is 2.58. The van der Waals surface area contributed by atoms with E-state index in [9.17, 15) is 0 Å². The summed E-state index contributed by atoms with van der Waals surface area (Å²) in [6.45, 7) is 11.5. The molecule has 0 aliphatic heterocycles. The highest BCUT2D eigenvalue weighted by Gasteiger charge is 2.16. The second-order valence-corrected chi connectivity index (χ2v) is 4.07. The van der Waals surface area contributed by atoms with Gasteiger partial charge in [-0.1, -0.05) is 32.9 Å². The Kier molecular flexibility index (Phi) is 5.33. The van der Waals surface area contributed by atoms with E-state index in [0.29, 0.717) is 6.04 Å². The number of nitrogens with one attached hydrogen (secondary N) is 1. The lowest BCUT2D eigenvalue weighted by atomic mass is 9.98. The van der Waals surface area contributed by atoms with Gasteiger partial charge < -0.3 is 9.73 Å². The van der Waals surface area contributed by atoms with E-state index >= 15 is 0 Å². The summed E-state index contributed by atoms with van der Waals surface area (Å²) in [6.07, 6.45) is 4.77. The largest absolute Gasteiger partial charge is 0.469 e. The van der Waals surface area contributed by atoms with Gasteiger partial charge in [0.1, 0.15) is 5.76 Å². The predicted molar refractivity (Wildman–Crippen MR) is 68.6 cm³/mol. The van der Waals surface area contributed by atoms with Crippen LogP contribution in [0.15, 0.2) is 28.9 Å². The molecular weight excluding hydrogens is 198 g/mol. The van der Waals surface area contributed by atoms with Gasteiger partial charge in [-0.15, -0.1) is 0 Å². The summed E-state index contributed by atoms with van der Waals surface area (Å²) in [5, 5.41) is 3.50. The fourth-order valence-electron chi connectivity index (χ4n) is 1.92. The first-order valence-corrected chi connectivity index (χ1v) is 6.19. The topological polar surface area (TPSA) is 25.2 Å². The fourth-order valence-corrected chi connectivity index (χ4v) is 1.92. The van der Waals surface area contributed by atoms with Gasteiger partial charge in [0, 0.05) is 18.0 Å². The predicted octanol–water partition coefficient (Wildman–Crippen LogP) is 3.85. The van der Waals surface area contributed by atoms with E-state index in [1.54, 1.807) is 6.26 Å². The molecule has 1 atom stereocenters. The van der Waals surface area contributed by atoms with Gasteiger partial charge in [0.15, 0.2) is 0 Å². The maximum absolute atomic E-state index is 5.49. The van der Waals surface area contributed by atoms with E-state index in [1.165, 1.54) is 11.1 Å². The van der Waals surface area contributed by atoms with E-state index < -0.39 is 0 Å². The highest BCUT2D eigenvalue weighted by molar-refractivity contribution is 5.23. The van der Waals surface area contributed by atoms with Gasteiger partial charge in [0.2, 0.25) is 0 Å². The van der Waals surface area contributed by atoms with Crippen LogP contribution in [0.3, 0.4) is 0 Å². The molecule has 90 valence electrons. The smallest absolute Gasteiger partial charge is 0.108 e. The van der Waals surface area contributed by atoms with Gasteiger partial charge in [-0.25, -0.2) is 0 Å². The Morgan fingerprint density at radius 2 is 2.19 bits per heavy atom. The minimum Gasteiger partial charge on any atom is -0.469 e. The molecule has 1 rings (SSSR count). The van der Waals surface area contributed by atoms with Crippen LogP contribution in [0.5, 0.6) is 0 Å². The lowest BCUT2D eigenvalue weighted by molar-refractivity contribution is 0.485. The average molecular weight is 221 g/mol. The standard InChI is InChI=1S/C14H23NO/c1-5-11(4)10-13(15-7-3)12-8-9-16-14(12)6-2/h8-9,13,15H,4-7,10H2,1-3H3. The molecule has 0 radical (unpaired) electrons. The third-order valence-electron chi connectivity index (χ3n) is 2.92. The van der Waals surface area contributed by atoms with Crippen molar-refractivity contribution in [2.75, 3.05) is 6.54 Å². The van der Waals surface area contributed by atoms with Crippen LogP contribution in [-0.4, -0.2) is 6.54 Å². The molecule has 2 nitrogen and oxygen atoms in total. The molecule has 1 aromatic heterocycles. The molecule has 1 aromatic rings. The van der Waals surface area contributed by atoms with Gasteiger partial charge in [0.25, 0.3) is 0 Å². The van der Waals surface area contributed by atoms with Crippen LogP contribution in [0.1, 0.15) is 51.0 Å². The molecule has 0 amide bonds. The van der Waals surface area contributed by atoms with Gasteiger partial charge in [-0.2, -0.15) is 0 Å². The van der Waals surface area contributed by atoms with Crippen molar-refractivity contribution in [3.63, 3.8) is 0 Å². The molecule has 2 heteroatoms. The van der Waals surface area contributed by atoms with Gasteiger partial charge in [-0.05, 0) is 25.5 Å². The molecule has 0 aliphatic carbocycles. The monoisotopic (exact) mass is 221 g/mol. The summed E-state index contributed by atoms with van der Waals surface area (Å²) < 4.78 is 5.49. The summed E-state index contributed by atoms with van der Waals surface area (Å²) in [7, 11) is 0. The number of hydrogen-bond acceptors (Lipinski definition) is 2. The molecule has 0 bridgehead atoms. The molecule has 1 unspecified atom stereocenters. The lowest BCUT2D eigenvalue weighted by Crippen LogP contribution is -2.21. The summed E-state index contributed by atoms with van der Waals surface area (Å²) in [4.78, 5) is 0. The van der Waals surface area contributed by atoms with Crippen LogP contribution in [0.4, 0.5) is 0 Å². The summed E-state index contributed by atoms with van der Waals surface area (Å²) in [6, 6.07) is 2.43.